The number of benzene rings is 1. The molecule has 2 aromatic rings. The molecule has 5 heteroatoms. The molecule has 1 unspecified atom stereocenters. The average Bonchev–Trinajstić information content (AvgIpc) is 2.97. The van der Waals surface area contributed by atoms with E-state index in [9.17, 15) is 5.11 Å². The lowest BCUT2D eigenvalue weighted by molar-refractivity contribution is 0.0828. The van der Waals surface area contributed by atoms with Crippen molar-refractivity contribution in [3.05, 3.63) is 35.7 Å². The molecule has 0 spiro atoms. The average molecular weight is 330 g/mol. The van der Waals surface area contributed by atoms with Gasteiger partial charge in [-0.05, 0) is 57.5 Å². The lowest BCUT2D eigenvalue weighted by Crippen LogP contribution is -2.41. The molecule has 1 aliphatic rings. The first-order chi connectivity index (χ1) is 11.7. The van der Waals surface area contributed by atoms with Gasteiger partial charge in [-0.25, -0.2) is 4.98 Å². The third-order valence-corrected chi connectivity index (χ3v) is 4.62. The van der Waals surface area contributed by atoms with Gasteiger partial charge in [-0.1, -0.05) is 6.42 Å². The Balaban J connectivity index is 1.74. The number of oxazole rings is 1. The van der Waals surface area contributed by atoms with Crippen LogP contribution in [0.1, 0.15) is 37.6 Å². The van der Waals surface area contributed by atoms with Gasteiger partial charge < -0.3 is 14.3 Å². The first-order valence-corrected chi connectivity index (χ1v) is 8.75. The maximum absolute atomic E-state index is 9.56. The Kier molecular flexibility index (Phi) is 5.53. The first-order valence-electron chi connectivity index (χ1n) is 8.75. The molecule has 1 atom stereocenters. The molecule has 0 bridgehead atoms. The smallest absolute Gasteiger partial charge is 0.226 e. The number of nitrogens with zero attached hydrogens (tertiary/aromatic N) is 2. The Labute approximate surface area is 143 Å². The maximum Gasteiger partial charge on any atom is 0.226 e. The summed E-state index contributed by atoms with van der Waals surface area (Å²) in [6, 6.07) is 8.05. The zero-order chi connectivity index (χ0) is 16.9. The van der Waals surface area contributed by atoms with Crippen molar-refractivity contribution in [1.29, 1.82) is 0 Å². The molecule has 1 aromatic carbocycles. The molecule has 2 heterocycles. The van der Waals surface area contributed by atoms with Crippen LogP contribution in [-0.4, -0.2) is 40.8 Å². The standard InChI is InChI=1S/C19H26N2O3/c1-3-23-17-9-7-15(8-10-17)19-20-18(14(2)24-19)12-21-11-5-4-6-16(21)13-22/h7-10,16,22H,3-6,11-13H2,1-2H3. The molecule has 1 aliphatic heterocycles. The zero-order valence-electron chi connectivity index (χ0n) is 14.5. The van der Waals surface area contributed by atoms with Gasteiger partial charge in [0.2, 0.25) is 5.89 Å². The molecule has 0 radical (unpaired) electrons. The third-order valence-electron chi connectivity index (χ3n) is 4.62. The molecule has 5 nitrogen and oxygen atoms in total. The Morgan fingerprint density at radius 3 is 2.79 bits per heavy atom. The Morgan fingerprint density at radius 1 is 1.29 bits per heavy atom. The number of rotatable bonds is 6. The number of piperidine rings is 1. The predicted octanol–water partition coefficient (Wildman–Crippen LogP) is 3.40. The summed E-state index contributed by atoms with van der Waals surface area (Å²) in [4.78, 5) is 7.00. The van der Waals surface area contributed by atoms with Crippen molar-refractivity contribution >= 4 is 0 Å². The second-order valence-corrected chi connectivity index (χ2v) is 6.28. The van der Waals surface area contributed by atoms with Gasteiger partial charge >= 0.3 is 0 Å². The van der Waals surface area contributed by atoms with E-state index < -0.39 is 0 Å². The van der Waals surface area contributed by atoms with Crippen LogP contribution in [0.3, 0.4) is 0 Å². The number of hydrogen-bond donors (Lipinski definition) is 1. The van der Waals surface area contributed by atoms with Gasteiger partial charge in [0.25, 0.3) is 0 Å². The molecule has 0 aliphatic carbocycles. The lowest BCUT2D eigenvalue weighted by Gasteiger charge is -2.33. The van der Waals surface area contributed by atoms with Crippen LogP contribution in [0.4, 0.5) is 0 Å². The van der Waals surface area contributed by atoms with Gasteiger partial charge in [-0.3, -0.25) is 4.90 Å². The van der Waals surface area contributed by atoms with E-state index >= 15 is 0 Å². The fourth-order valence-electron chi connectivity index (χ4n) is 3.23. The zero-order valence-corrected chi connectivity index (χ0v) is 14.5. The van der Waals surface area contributed by atoms with Crippen molar-refractivity contribution in [3.63, 3.8) is 0 Å². The summed E-state index contributed by atoms with van der Waals surface area (Å²) >= 11 is 0. The van der Waals surface area contributed by atoms with Crippen LogP contribution >= 0.6 is 0 Å². The number of likely N-dealkylation sites (tertiary alicyclic amines) is 1. The van der Waals surface area contributed by atoms with Crippen LogP contribution < -0.4 is 4.74 Å². The van der Waals surface area contributed by atoms with Crippen LogP contribution in [-0.2, 0) is 6.54 Å². The Hall–Kier alpha value is -1.85. The second-order valence-electron chi connectivity index (χ2n) is 6.28. The number of hydrogen-bond acceptors (Lipinski definition) is 5. The van der Waals surface area contributed by atoms with Gasteiger partial charge in [0, 0.05) is 18.2 Å². The van der Waals surface area contributed by atoms with Crippen molar-refractivity contribution in [2.75, 3.05) is 19.8 Å². The highest BCUT2D eigenvalue weighted by Crippen LogP contribution is 2.26. The number of aliphatic hydroxyl groups excluding tert-OH is 1. The molecular weight excluding hydrogens is 304 g/mol. The molecule has 0 saturated carbocycles. The minimum Gasteiger partial charge on any atom is -0.494 e. The highest BCUT2D eigenvalue weighted by molar-refractivity contribution is 5.55. The van der Waals surface area contributed by atoms with Crippen LogP contribution in [0.5, 0.6) is 5.75 Å². The molecule has 3 rings (SSSR count). The minimum atomic E-state index is 0.211. The van der Waals surface area contributed by atoms with Gasteiger partial charge in [0.15, 0.2) is 0 Å². The fraction of sp³-hybridized carbons (Fsp3) is 0.526. The number of aryl methyl sites for hydroxylation is 1. The molecule has 1 fully saturated rings. The van der Waals surface area contributed by atoms with Crippen LogP contribution in [0, 0.1) is 6.92 Å². The number of aromatic nitrogens is 1. The highest BCUT2D eigenvalue weighted by Gasteiger charge is 2.24. The Bertz CT molecular complexity index is 651. The SMILES string of the molecule is CCOc1ccc(-c2nc(CN3CCCCC3CO)c(C)o2)cc1. The van der Waals surface area contributed by atoms with E-state index in [0.29, 0.717) is 12.5 Å². The van der Waals surface area contributed by atoms with E-state index in [4.69, 9.17) is 9.15 Å². The fourth-order valence-corrected chi connectivity index (χ4v) is 3.23. The summed E-state index contributed by atoms with van der Waals surface area (Å²) in [5.41, 5.74) is 1.91. The summed E-state index contributed by atoms with van der Waals surface area (Å²) in [6.07, 6.45) is 3.43. The summed E-state index contributed by atoms with van der Waals surface area (Å²) in [7, 11) is 0. The summed E-state index contributed by atoms with van der Waals surface area (Å²) < 4.78 is 11.3. The van der Waals surface area contributed by atoms with Crippen molar-refractivity contribution in [2.45, 2.75) is 45.7 Å². The quantitative estimate of drug-likeness (QED) is 0.880. The van der Waals surface area contributed by atoms with E-state index in [0.717, 1.165) is 42.3 Å². The molecule has 1 N–H and O–H groups in total. The number of ether oxygens (including phenoxy) is 1. The van der Waals surface area contributed by atoms with E-state index in [-0.39, 0.29) is 12.6 Å². The van der Waals surface area contributed by atoms with Crippen molar-refractivity contribution in [3.8, 4) is 17.2 Å². The van der Waals surface area contributed by atoms with Gasteiger partial charge in [-0.2, -0.15) is 0 Å². The lowest BCUT2D eigenvalue weighted by atomic mass is 10.0. The van der Waals surface area contributed by atoms with Crippen LogP contribution in [0.15, 0.2) is 28.7 Å². The predicted molar refractivity (Wildman–Crippen MR) is 93.0 cm³/mol. The van der Waals surface area contributed by atoms with Crippen molar-refractivity contribution < 1.29 is 14.3 Å². The molecular formula is C19H26N2O3. The first kappa shape index (κ1) is 17.0. The van der Waals surface area contributed by atoms with Crippen molar-refractivity contribution in [2.24, 2.45) is 0 Å². The molecule has 24 heavy (non-hydrogen) atoms. The second kappa shape index (κ2) is 7.81. The van der Waals surface area contributed by atoms with E-state index in [1.54, 1.807) is 0 Å². The molecule has 1 aromatic heterocycles. The van der Waals surface area contributed by atoms with Gasteiger partial charge in [0.05, 0.1) is 18.9 Å². The van der Waals surface area contributed by atoms with Gasteiger partial charge in [-0.15, -0.1) is 0 Å². The van der Waals surface area contributed by atoms with Crippen molar-refractivity contribution in [1.82, 2.24) is 9.88 Å². The highest BCUT2D eigenvalue weighted by atomic mass is 16.5. The molecule has 130 valence electrons. The van der Waals surface area contributed by atoms with Gasteiger partial charge in [0.1, 0.15) is 11.5 Å². The molecule has 0 amide bonds. The van der Waals surface area contributed by atoms with E-state index in [1.807, 2.05) is 38.1 Å². The maximum atomic E-state index is 9.56. The largest absolute Gasteiger partial charge is 0.494 e. The minimum absolute atomic E-state index is 0.211. The number of aliphatic hydroxyl groups is 1. The molecule has 1 saturated heterocycles. The monoisotopic (exact) mass is 330 g/mol. The van der Waals surface area contributed by atoms with E-state index in [2.05, 4.69) is 9.88 Å². The summed E-state index contributed by atoms with van der Waals surface area (Å²) in [5.74, 6) is 2.34. The summed E-state index contributed by atoms with van der Waals surface area (Å²) in [6.45, 7) is 6.54. The summed E-state index contributed by atoms with van der Waals surface area (Å²) in [5, 5.41) is 9.56. The van der Waals surface area contributed by atoms with E-state index in [1.165, 1.54) is 12.8 Å². The van der Waals surface area contributed by atoms with Crippen LogP contribution in [0.2, 0.25) is 0 Å². The topological polar surface area (TPSA) is 58.7 Å². The normalized spacial score (nSPS) is 18.7. The third kappa shape index (κ3) is 3.79. The van der Waals surface area contributed by atoms with Crippen LogP contribution in [0.25, 0.3) is 11.5 Å². The Morgan fingerprint density at radius 2 is 2.08 bits per heavy atom.